The number of alkyl halides is 2. The molecule has 1 heterocycles. The summed E-state index contributed by atoms with van der Waals surface area (Å²) in [5, 5.41) is 5.85. The van der Waals surface area contributed by atoms with Gasteiger partial charge in [-0.05, 0) is 38.0 Å². The van der Waals surface area contributed by atoms with E-state index in [1.807, 2.05) is 24.4 Å². The Bertz CT molecular complexity index is 866. The minimum atomic E-state index is -0.580. The summed E-state index contributed by atoms with van der Waals surface area (Å²) in [4.78, 5) is 25.3. The van der Waals surface area contributed by atoms with E-state index in [1.54, 1.807) is 19.1 Å². The number of benzene rings is 1. The fraction of sp³-hybridized carbons (Fsp3) is 0.333. The van der Waals surface area contributed by atoms with Crippen LogP contribution in [0.1, 0.15) is 30.6 Å². The Kier molecular flexibility index (Phi) is 5.55. The van der Waals surface area contributed by atoms with Crippen molar-refractivity contribution >= 4 is 71.7 Å². The van der Waals surface area contributed by atoms with Crippen LogP contribution in [0.25, 0.3) is 11.1 Å². The average Bonchev–Trinajstić information content (AvgIpc) is 2.92. The molecule has 1 atom stereocenters. The number of rotatable bonds is 5. The van der Waals surface area contributed by atoms with Crippen molar-refractivity contribution in [2.75, 3.05) is 11.9 Å². The highest BCUT2D eigenvalue weighted by Crippen LogP contribution is 2.66. The second-order valence-electron chi connectivity index (χ2n) is 6.25. The average molecular weight is 522 g/mol. The predicted molar refractivity (Wildman–Crippen MR) is 113 cm³/mol. The normalized spacial score (nSPS) is 20.5. The monoisotopic (exact) mass is 519 g/mol. The molecule has 0 saturated heterocycles. The lowest BCUT2D eigenvalue weighted by Crippen LogP contribution is -2.26. The first-order valence-electron chi connectivity index (χ1n) is 7.93. The molecule has 1 fully saturated rings. The minimum absolute atomic E-state index is 0.152. The Morgan fingerprint density at radius 3 is 2.46 bits per heavy atom. The van der Waals surface area contributed by atoms with Gasteiger partial charge in [-0.3, -0.25) is 4.79 Å². The largest absolute Gasteiger partial charge is 0.462 e. The summed E-state index contributed by atoms with van der Waals surface area (Å²) in [5.74, 6) is -0.611. The summed E-state index contributed by atoms with van der Waals surface area (Å²) in [5.41, 5.74) is 1.34. The van der Waals surface area contributed by atoms with Gasteiger partial charge in [-0.1, -0.05) is 55.6 Å². The molecule has 0 radical (unpaired) electrons. The van der Waals surface area contributed by atoms with Crippen LogP contribution >= 0.6 is 54.8 Å². The predicted octanol–water partition coefficient (Wildman–Crippen LogP) is 6.08. The van der Waals surface area contributed by atoms with Gasteiger partial charge in [-0.25, -0.2) is 4.79 Å². The van der Waals surface area contributed by atoms with Gasteiger partial charge in [0.1, 0.15) is 10.6 Å². The molecule has 3 rings (SSSR count). The number of hydrogen-bond donors (Lipinski definition) is 1. The Labute approximate surface area is 177 Å². The first-order chi connectivity index (χ1) is 12.2. The van der Waals surface area contributed by atoms with Crippen molar-refractivity contribution in [2.45, 2.75) is 23.5 Å². The molecular formula is C18H16Br2ClNO3S. The van der Waals surface area contributed by atoms with Crippen molar-refractivity contribution in [3.8, 4) is 11.1 Å². The van der Waals surface area contributed by atoms with Crippen LogP contribution in [0.2, 0.25) is 5.02 Å². The third-order valence-electron chi connectivity index (χ3n) is 4.41. The van der Waals surface area contributed by atoms with Crippen LogP contribution in [0.15, 0.2) is 29.6 Å². The van der Waals surface area contributed by atoms with Crippen LogP contribution in [-0.4, -0.2) is 21.7 Å². The van der Waals surface area contributed by atoms with E-state index < -0.39 is 14.6 Å². The quantitative estimate of drug-likeness (QED) is 0.383. The van der Waals surface area contributed by atoms with E-state index >= 15 is 0 Å². The number of amides is 1. The van der Waals surface area contributed by atoms with Gasteiger partial charge in [-0.2, -0.15) is 0 Å². The van der Waals surface area contributed by atoms with Crippen molar-refractivity contribution in [3.05, 3.63) is 40.2 Å². The Morgan fingerprint density at radius 2 is 1.92 bits per heavy atom. The van der Waals surface area contributed by atoms with Crippen molar-refractivity contribution < 1.29 is 14.3 Å². The lowest BCUT2D eigenvalue weighted by Gasteiger charge is -2.13. The van der Waals surface area contributed by atoms with Gasteiger partial charge in [0.2, 0.25) is 5.91 Å². The zero-order valence-electron chi connectivity index (χ0n) is 14.1. The third-order valence-corrected chi connectivity index (χ3v) is 7.87. The van der Waals surface area contributed by atoms with E-state index in [9.17, 15) is 9.59 Å². The summed E-state index contributed by atoms with van der Waals surface area (Å²) in [7, 11) is 0. The third kappa shape index (κ3) is 3.59. The summed E-state index contributed by atoms with van der Waals surface area (Å²) in [6.45, 7) is 3.87. The molecule has 1 aromatic carbocycles. The number of nitrogens with one attached hydrogen (secondary N) is 1. The van der Waals surface area contributed by atoms with E-state index in [4.69, 9.17) is 16.3 Å². The maximum absolute atomic E-state index is 12.7. The maximum atomic E-state index is 12.7. The van der Waals surface area contributed by atoms with Crippen LogP contribution in [-0.2, 0) is 9.53 Å². The number of thiophene rings is 1. The molecule has 1 amide bonds. The smallest absolute Gasteiger partial charge is 0.341 e. The van der Waals surface area contributed by atoms with Gasteiger partial charge in [0.25, 0.3) is 0 Å². The van der Waals surface area contributed by atoms with Gasteiger partial charge in [0, 0.05) is 16.0 Å². The molecule has 0 unspecified atom stereocenters. The van der Waals surface area contributed by atoms with Gasteiger partial charge < -0.3 is 10.1 Å². The van der Waals surface area contributed by atoms with E-state index in [0.717, 1.165) is 5.56 Å². The van der Waals surface area contributed by atoms with Gasteiger partial charge in [-0.15, -0.1) is 11.3 Å². The second-order valence-corrected chi connectivity index (χ2v) is 11.3. The van der Waals surface area contributed by atoms with Crippen molar-refractivity contribution in [1.29, 1.82) is 0 Å². The maximum Gasteiger partial charge on any atom is 0.341 e. The zero-order chi connectivity index (χ0) is 19.1. The zero-order valence-corrected chi connectivity index (χ0v) is 18.8. The minimum Gasteiger partial charge on any atom is -0.462 e. The van der Waals surface area contributed by atoms with E-state index in [0.29, 0.717) is 27.6 Å². The summed E-state index contributed by atoms with van der Waals surface area (Å²) < 4.78 is 4.80. The lowest BCUT2D eigenvalue weighted by atomic mass is 10.0. The molecular weight excluding hydrogens is 506 g/mol. The summed E-state index contributed by atoms with van der Waals surface area (Å²) in [6, 6.07) is 7.19. The van der Waals surface area contributed by atoms with E-state index in [2.05, 4.69) is 37.2 Å². The molecule has 0 spiro atoms. The van der Waals surface area contributed by atoms with Crippen molar-refractivity contribution in [2.24, 2.45) is 5.41 Å². The van der Waals surface area contributed by atoms with Crippen LogP contribution in [0, 0.1) is 5.41 Å². The molecule has 1 saturated carbocycles. The molecule has 0 aliphatic heterocycles. The molecule has 4 nitrogen and oxygen atoms in total. The Hall–Kier alpha value is -0.890. The Morgan fingerprint density at radius 1 is 1.31 bits per heavy atom. The molecule has 2 aromatic rings. The number of ether oxygens (including phenoxy) is 1. The van der Waals surface area contributed by atoms with Crippen molar-refractivity contribution in [1.82, 2.24) is 0 Å². The highest BCUT2D eigenvalue weighted by molar-refractivity contribution is 9.25. The lowest BCUT2D eigenvalue weighted by molar-refractivity contribution is -0.120. The van der Waals surface area contributed by atoms with Crippen LogP contribution < -0.4 is 5.32 Å². The molecule has 26 heavy (non-hydrogen) atoms. The molecule has 1 aromatic heterocycles. The second kappa shape index (κ2) is 7.26. The molecule has 8 heteroatoms. The topological polar surface area (TPSA) is 55.4 Å². The fourth-order valence-corrected chi connectivity index (χ4v) is 5.14. The van der Waals surface area contributed by atoms with Gasteiger partial charge in [0.15, 0.2) is 0 Å². The van der Waals surface area contributed by atoms with Crippen LogP contribution in [0.4, 0.5) is 5.00 Å². The highest BCUT2D eigenvalue weighted by atomic mass is 79.9. The van der Waals surface area contributed by atoms with Gasteiger partial charge in [0.05, 0.1) is 15.3 Å². The van der Waals surface area contributed by atoms with Crippen LogP contribution in [0.3, 0.4) is 0 Å². The molecule has 1 N–H and O–H groups in total. The summed E-state index contributed by atoms with van der Waals surface area (Å²) >= 11 is 14.3. The number of carbonyl (C=O) groups is 2. The van der Waals surface area contributed by atoms with E-state index in [-0.39, 0.29) is 12.5 Å². The molecule has 1 aliphatic rings. The van der Waals surface area contributed by atoms with Crippen molar-refractivity contribution in [3.63, 3.8) is 0 Å². The van der Waals surface area contributed by atoms with Gasteiger partial charge >= 0.3 is 5.97 Å². The number of hydrogen-bond acceptors (Lipinski definition) is 4. The highest BCUT2D eigenvalue weighted by Gasteiger charge is 2.66. The molecule has 138 valence electrons. The van der Waals surface area contributed by atoms with E-state index in [1.165, 1.54) is 11.3 Å². The first-order valence-corrected chi connectivity index (χ1v) is 10.8. The van der Waals surface area contributed by atoms with Crippen LogP contribution in [0.5, 0.6) is 0 Å². The molecule has 1 aliphatic carbocycles. The number of carbonyl (C=O) groups excluding carboxylic acids is 2. The fourth-order valence-electron chi connectivity index (χ4n) is 2.59. The standard InChI is InChI=1S/C18H16Br2ClNO3S/c1-3-25-15(23)13-12(10-4-6-11(21)7-5-10)8-26-14(13)22-16(24)17(2)9-18(17,19)20/h4-8H,3,9H2,1-2H3,(H,22,24)/t17-/m1/s1. The number of esters is 1. The summed E-state index contributed by atoms with van der Waals surface area (Å²) in [6.07, 6.45) is 0.663. The Balaban J connectivity index is 1.96. The number of halogens is 3. The SMILES string of the molecule is CCOC(=O)c1c(-c2ccc(Cl)cc2)csc1NC(=O)[C@@]1(C)CC1(Br)Br. The first kappa shape index (κ1) is 19.9. The molecule has 0 bridgehead atoms. The number of anilines is 1.